The van der Waals surface area contributed by atoms with E-state index in [2.05, 4.69) is 59.6 Å². The Morgan fingerprint density at radius 3 is 2.68 bits per heavy atom. The van der Waals surface area contributed by atoms with E-state index in [1.54, 1.807) is 0 Å². The van der Waals surface area contributed by atoms with E-state index in [0.717, 1.165) is 23.0 Å². The molecular weight excluding hydrogens is 310 g/mol. The van der Waals surface area contributed by atoms with Gasteiger partial charge in [0.2, 0.25) is 0 Å². The molecule has 1 N–H and O–H groups in total. The number of H-pyrrole nitrogens is 1. The van der Waals surface area contributed by atoms with Crippen LogP contribution in [0.1, 0.15) is 17.0 Å². The van der Waals surface area contributed by atoms with Crippen molar-refractivity contribution in [1.29, 1.82) is 0 Å². The molecule has 0 saturated carbocycles. The van der Waals surface area contributed by atoms with Gasteiger partial charge >= 0.3 is 0 Å². The van der Waals surface area contributed by atoms with Gasteiger partial charge in [-0.15, -0.1) is 11.8 Å². The number of thioether (sulfide) groups is 1. The van der Waals surface area contributed by atoms with Crippen LogP contribution in [-0.4, -0.2) is 14.8 Å². The summed E-state index contributed by atoms with van der Waals surface area (Å²) in [5, 5.41) is 7.28. The molecule has 1 heterocycles. The smallest absolute Gasteiger partial charge is 0.199 e. The summed E-state index contributed by atoms with van der Waals surface area (Å²) in [6.07, 6.45) is 0. The van der Waals surface area contributed by atoms with Crippen molar-refractivity contribution in [3.05, 3.63) is 76.3 Å². The molecular formula is C17H17N3S2. The predicted octanol–water partition coefficient (Wildman–Crippen LogP) is 4.67. The average molecular weight is 327 g/mol. The lowest BCUT2D eigenvalue weighted by atomic mass is 10.2. The number of nitrogens with zero attached hydrogens (tertiary/aromatic N) is 2. The largest absolute Gasteiger partial charge is 0.271 e. The Balaban J connectivity index is 1.77. The molecule has 3 nitrogen and oxygen atoms in total. The Hall–Kier alpha value is -1.85. The van der Waals surface area contributed by atoms with Crippen molar-refractivity contribution in [2.75, 3.05) is 0 Å². The summed E-state index contributed by atoms with van der Waals surface area (Å²) >= 11 is 7.21. The number of nitrogens with one attached hydrogen (secondary N) is 1. The van der Waals surface area contributed by atoms with Crippen LogP contribution < -0.4 is 0 Å². The molecule has 0 saturated heterocycles. The van der Waals surface area contributed by atoms with Gasteiger partial charge in [-0.2, -0.15) is 5.10 Å². The molecule has 2 aromatic carbocycles. The molecule has 0 spiro atoms. The zero-order chi connectivity index (χ0) is 15.4. The van der Waals surface area contributed by atoms with Crippen molar-refractivity contribution in [2.45, 2.75) is 18.4 Å². The van der Waals surface area contributed by atoms with E-state index in [1.807, 2.05) is 28.5 Å². The van der Waals surface area contributed by atoms with Gasteiger partial charge in [0, 0.05) is 11.4 Å². The lowest BCUT2D eigenvalue weighted by Crippen LogP contribution is -2.00. The van der Waals surface area contributed by atoms with Crippen LogP contribution in [0.5, 0.6) is 0 Å². The van der Waals surface area contributed by atoms with E-state index in [1.165, 1.54) is 11.1 Å². The molecule has 0 amide bonds. The zero-order valence-electron chi connectivity index (χ0n) is 12.3. The molecule has 0 atom stereocenters. The van der Waals surface area contributed by atoms with Crippen LogP contribution in [0.2, 0.25) is 0 Å². The summed E-state index contributed by atoms with van der Waals surface area (Å²) in [6, 6.07) is 18.8. The molecule has 0 bridgehead atoms. The van der Waals surface area contributed by atoms with Crippen LogP contribution in [0.25, 0.3) is 5.69 Å². The maximum absolute atomic E-state index is 5.38. The molecule has 0 fully saturated rings. The lowest BCUT2D eigenvalue weighted by Gasteiger charge is -2.07. The maximum Gasteiger partial charge on any atom is 0.199 e. The molecule has 3 aromatic rings. The van der Waals surface area contributed by atoms with Gasteiger partial charge in [0.15, 0.2) is 4.77 Å². The van der Waals surface area contributed by atoms with Gasteiger partial charge in [-0.3, -0.25) is 9.67 Å². The third-order valence-electron chi connectivity index (χ3n) is 3.34. The Morgan fingerprint density at radius 2 is 1.91 bits per heavy atom. The number of aromatic nitrogens is 3. The van der Waals surface area contributed by atoms with Gasteiger partial charge in [-0.25, -0.2) is 0 Å². The third-order valence-corrected chi connectivity index (χ3v) is 4.62. The molecule has 0 aliphatic rings. The highest BCUT2D eigenvalue weighted by Crippen LogP contribution is 2.20. The monoisotopic (exact) mass is 327 g/mol. The Kier molecular flexibility index (Phi) is 4.75. The second-order valence-corrected chi connectivity index (χ2v) is 6.47. The summed E-state index contributed by atoms with van der Waals surface area (Å²) in [6.45, 7) is 2.08. The molecule has 22 heavy (non-hydrogen) atoms. The standard InChI is InChI=1S/C17H17N3S2/c1-13-6-5-9-15(10-13)20-16(18-19-17(20)21)12-22-11-14-7-3-2-4-8-14/h2-10H,11-12H2,1H3,(H,19,21). The normalized spacial score (nSPS) is 10.8. The summed E-state index contributed by atoms with van der Waals surface area (Å²) in [5.74, 6) is 2.74. The molecule has 0 unspecified atom stereocenters. The highest BCUT2D eigenvalue weighted by molar-refractivity contribution is 7.97. The van der Waals surface area contributed by atoms with E-state index in [-0.39, 0.29) is 0 Å². The Bertz CT molecular complexity index is 806. The van der Waals surface area contributed by atoms with Crippen LogP contribution in [0, 0.1) is 11.7 Å². The first-order chi connectivity index (χ1) is 10.7. The third kappa shape index (κ3) is 3.48. The van der Waals surface area contributed by atoms with Gasteiger partial charge in [-0.05, 0) is 42.4 Å². The minimum atomic E-state index is 0.640. The SMILES string of the molecule is Cc1cccc(-n2c(CSCc3ccccc3)n[nH]c2=S)c1. The van der Waals surface area contributed by atoms with Crippen LogP contribution in [0.15, 0.2) is 54.6 Å². The molecule has 5 heteroatoms. The van der Waals surface area contributed by atoms with E-state index < -0.39 is 0 Å². The van der Waals surface area contributed by atoms with Crippen molar-refractivity contribution >= 4 is 24.0 Å². The number of hydrogen-bond donors (Lipinski definition) is 1. The van der Waals surface area contributed by atoms with E-state index >= 15 is 0 Å². The minimum absolute atomic E-state index is 0.640. The Morgan fingerprint density at radius 1 is 1.09 bits per heavy atom. The lowest BCUT2D eigenvalue weighted by molar-refractivity contribution is 0.947. The van der Waals surface area contributed by atoms with Crippen LogP contribution >= 0.6 is 24.0 Å². The van der Waals surface area contributed by atoms with Crippen molar-refractivity contribution in [2.24, 2.45) is 0 Å². The summed E-state index contributed by atoms with van der Waals surface area (Å²) in [5.41, 5.74) is 3.60. The number of aromatic amines is 1. The summed E-state index contributed by atoms with van der Waals surface area (Å²) in [7, 11) is 0. The first-order valence-electron chi connectivity index (χ1n) is 7.09. The van der Waals surface area contributed by atoms with E-state index in [0.29, 0.717) is 4.77 Å². The van der Waals surface area contributed by atoms with E-state index in [9.17, 15) is 0 Å². The number of hydrogen-bond acceptors (Lipinski definition) is 3. The predicted molar refractivity (Wildman–Crippen MR) is 94.9 cm³/mol. The van der Waals surface area contributed by atoms with Crippen molar-refractivity contribution in [1.82, 2.24) is 14.8 Å². The average Bonchev–Trinajstić information content (AvgIpc) is 2.89. The van der Waals surface area contributed by atoms with Crippen molar-refractivity contribution in [3.63, 3.8) is 0 Å². The van der Waals surface area contributed by atoms with Gasteiger partial charge in [0.1, 0.15) is 5.82 Å². The fourth-order valence-corrected chi connectivity index (χ4v) is 3.46. The van der Waals surface area contributed by atoms with Gasteiger partial charge in [0.25, 0.3) is 0 Å². The van der Waals surface area contributed by atoms with Crippen LogP contribution in [-0.2, 0) is 11.5 Å². The van der Waals surface area contributed by atoms with Crippen LogP contribution in [0.4, 0.5) is 0 Å². The second-order valence-electron chi connectivity index (χ2n) is 5.10. The second kappa shape index (κ2) is 6.94. The molecule has 0 radical (unpaired) electrons. The topological polar surface area (TPSA) is 33.6 Å². The number of rotatable bonds is 5. The van der Waals surface area contributed by atoms with Crippen LogP contribution in [0.3, 0.4) is 0 Å². The summed E-state index contributed by atoms with van der Waals surface area (Å²) in [4.78, 5) is 0. The van der Waals surface area contributed by atoms with Gasteiger partial charge < -0.3 is 0 Å². The zero-order valence-corrected chi connectivity index (χ0v) is 14.0. The highest BCUT2D eigenvalue weighted by Gasteiger charge is 2.08. The highest BCUT2D eigenvalue weighted by atomic mass is 32.2. The quantitative estimate of drug-likeness (QED) is 0.691. The van der Waals surface area contributed by atoms with Gasteiger partial charge in [0.05, 0.1) is 5.75 Å². The first-order valence-corrected chi connectivity index (χ1v) is 8.65. The Labute approximate surface area is 139 Å². The number of aryl methyl sites for hydroxylation is 1. The molecule has 1 aromatic heterocycles. The van der Waals surface area contributed by atoms with Crippen molar-refractivity contribution < 1.29 is 0 Å². The molecule has 112 valence electrons. The molecule has 0 aliphatic heterocycles. The van der Waals surface area contributed by atoms with Crippen molar-refractivity contribution in [3.8, 4) is 5.69 Å². The summed E-state index contributed by atoms with van der Waals surface area (Å²) < 4.78 is 2.65. The molecule has 3 rings (SSSR count). The minimum Gasteiger partial charge on any atom is -0.271 e. The van der Waals surface area contributed by atoms with E-state index in [4.69, 9.17) is 12.2 Å². The molecule has 0 aliphatic carbocycles. The maximum atomic E-state index is 5.38. The number of benzene rings is 2. The first kappa shape index (κ1) is 15.1. The van der Waals surface area contributed by atoms with Gasteiger partial charge in [-0.1, -0.05) is 42.5 Å². The fraction of sp³-hybridized carbons (Fsp3) is 0.176. The fourth-order valence-electron chi connectivity index (χ4n) is 2.29.